The first kappa shape index (κ1) is 14.0. The Hall–Kier alpha value is -1.00. The van der Waals surface area contributed by atoms with Crippen molar-refractivity contribution in [3.8, 4) is 0 Å². The first-order valence-corrected chi connectivity index (χ1v) is 8.48. The molecule has 20 heavy (non-hydrogen) atoms. The van der Waals surface area contributed by atoms with E-state index in [9.17, 15) is 4.79 Å². The van der Waals surface area contributed by atoms with Gasteiger partial charge in [0, 0.05) is 36.5 Å². The van der Waals surface area contributed by atoms with Crippen LogP contribution in [0.25, 0.3) is 0 Å². The van der Waals surface area contributed by atoms with E-state index in [0.717, 1.165) is 25.9 Å². The molecule has 2 heterocycles. The lowest BCUT2D eigenvalue weighted by molar-refractivity contribution is -0.127. The molecule has 108 valence electrons. The van der Waals surface area contributed by atoms with E-state index in [0.29, 0.717) is 18.0 Å². The number of rotatable bonds is 4. The molecule has 0 aromatic heterocycles. The molecule has 2 aliphatic heterocycles. The number of fused-ring (bicyclic) bond motifs is 1. The molecule has 1 N–H and O–H groups in total. The Morgan fingerprint density at radius 1 is 1.45 bits per heavy atom. The van der Waals surface area contributed by atoms with Crippen molar-refractivity contribution in [2.45, 2.75) is 43.2 Å². The van der Waals surface area contributed by atoms with Gasteiger partial charge in [0.15, 0.2) is 0 Å². The number of hydrogen-bond donors (Lipinski definition) is 1. The van der Waals surface area contributed by atoms with E-state index in [-0.39, 0.29) is 0 Å². The monoisotopic (exact) mass is 290 g/mol. The first-order valence-electron chi connectivity index (χ1n) is 7.49. The van der Waals surface area contributed by atoms with Crippen molar-refractivity contribution in [2.24, 2.45) is 0 Å². The summed E-state index contributed by atoms with van der Waals surface area (Å²) in [5, 5.41) is 3.72. The van der Waals surface area contributed by atoms with E-state index >= 15 is 0 Å². The van der Waals surface area contributed by atoms with E-state index in [1.54, 1.807) is 0 Å². The molecule has 3 rings (SSSR count). The third-order valence-electron chi connectivity index (χ3n) is 4.11. The fraction of sp³-hybridized carbons (Fsp3) is 0.562. The number of carbonyl (C=O) groups is 1. The lowest BCUT2D eigenvalue weighted by atomic mass is 10.0. The third-order valence-corrected chi connectivity index (χ3v) is 5.23. The van der Waals surface area contributed by atoms with Crippen LogP contribution in [0.2, 0.25) is 0 Å². The standard InChI is InChI=1S/C16H22N2OS/c1-12(11-18-9-4-7-16(18)19)17-14-8-10-20-15-6-3-2-5-13(14)15/h2-3,5-6,12,14,17H,4,7-11H2,1H3. The summed E-state index contributed by atoms with van der Waals surface area (Å²) in [6.45, 7) is 3.96. The highest BCUT2D eigenvalue weighted by atomic mass is 32.2. The van der Waals surface area contributed by atoms with Crippen LogP contribution in [0.1, 0.15) is 37.8 Å². The van der Waals surface area contributed by atoms with Gasteiger partial charge in [0.25, 0.3) is 0 Å². The molecule has 0 radical (unpaired) electrons. The predicted molar refractivity (Wildman–Crippen MR) is 82.9 cm³/mol. The maximum atomic E-state index is 11.7. The highest BCUT2D eigenvalue weighted by molar-refractivity contribution is 7.99. The van der Waals surface area contributed by atoms with Crippen molar-refractivity contribution in [1.29, 1.82) is 0 Å². The Morgan fingerprint density at radius 2 is 2.30 bits per heavy atom. The summed E-state index contributed by atoms with van der Waals surface area (Å²) in [6.07, 6.45) is 2.92. The highest BCUT2D eigenvalue weighted by Gasteiger charge is 2.25. The minimum atomic E-state index is 0.318. The predicted octanol–water partition coefficient (Wildman–Crippen LogP) is 2.82. The van der Waals surface area contributed by atoms with Crippen LogP contribution in [0.5, 0.6) is 0 Å². The summed E-state index contributed by atoms with van der Waals surface area (Å²) >= 11 is 1.95. The minimum absolute atomic E-state index is 0.318. The number of thioether (sulfide) groups is 1. The topological polar surface area (TPSA) is 32.3 Å². The molecule has 0 spiro atoms. The minimum Gasteiger partial charge on any atom is -0.341 e. The average molecular weight is 290 g/mol. The second-order valence-corrected chi connectivity index (χ2v) is 6.88. The maximum absolute atomic E-state index is 11.7. The van der Waals surface area contributed by atoms with Gasteiger partial charge in [-0.3, -0.25) is 4.79 Å². The Labute approximate surface area is 125 Å². The van der Waals surface area contributed by atoms with Crippen molar-refractivity contribution < 1.29 is 4.79 Å². The van der Waals surface area contributed by atoms with E-state index < -0.39 is 0 Å². The van der Waals surface area contributed by atoms with Crippen LogP contribution in [0.3, 0.4) is 0 Å². The molecule has 1 amide bonds. The van der Waals surface area contributed by atoms with E-state index in [1.165, 1.54) is 22.6 Å². The molecule has 1 aromatic carbocycles. The zero-order chi connectivity index (χ0) is 13.9. The van der Waals surface area contributed by atoms with Gasteiger partial charge in [-0.05, 0) is 37.1 Å². The number of amides is 1. The SMILES string of the molecule is CC(CN1CCCC1=O)NC1CCSc2ccccc21. The van der Waals surface area contributed by atoms with Gasteiger partial charge < -0.3 is 10.2 Å². The Bertz CT molecular complexity index is 491. The number of carbonyl (C=O) groups excluding carboxylic acids is 1. The summed E-state index contributed by atoms with van der Waals surface area (Å²) in [6, 6.07) is 9.45. The number of nitrogens with one attached hydrogen (secondary N) is 1. The lowest BCUT2D eigenvalue weighted by Gasteiger charge is -2.30. The molecule has 0 aliphatic carbocycles. The molecule has 0 saturated carbocycles. The first-order chi connectivity index (χ1) is 9.74. The molecule has 3 nitrogen and oxygen atoms in total. The van der Waals surface area contributed by atoms with Crippen molar-refractivity contribution in [3.63, 3.8) is 0 Å². The molecule has 2 atom stereocenters. The summed E-state index contributed by atoms with van der Waals surface area (Å²) < 4.78 is 0. The summed E-state index contributed by atoms with van der Waals surface area (Å²) in [5.41, 5.74) is 1.42. The van der Waals surface area contributed by atoms with E-state index in [2.05, 4.69) is 36.5 Å². The van der Waals surface area contributed by atoms with E-state index in [4.69, 9.17) is 0 Å². The zero-order valence-corrected chi connectivity index (χ0v) is 12.8. The van der Waals surface area contributed by atoms with Crippen LogP contribution in [0.4, 0.5) is 0 Å². The van der Waals surface area contributed by atoms with Gasteiger partial charge in [0.1, 0.15) is 0 Å². The van der Waals surface area contributed by atoms with Crippen LogP contribution in [-0.4, -0.2) is 35.7 Å². The largest absolute Gasteiger partial charge is 0.341 e. The second kappa shape index (κ2) is 6.19. The van der Waals surface area contributed by atoms with Crippen LogP contribution < -0.4 is 5.32 Å². The summed E-state index contributed by atoms with van der Waals surface area (Å²) in [4.78, 5) is 15.1. The summed E-state index contributed by atoms with van der Waals surface area (Å²) in [5.74, 6) is 1.49. The zero-order valence-electron chi connectivity index (χ0n) is 12.0. The average Bonchev–Trinajstić information content (AvgIpc) is 2.85. The van der Waals surface area contributed by atoms with Crippen molar-refractivity contribution in [1.82, 2.24) is 10.2 Å². The van der Waals surface area contributed by atoms with Crippen LogP contribution in [0.15, 0.2) is 29.2 Å². The number of benzene rings is 1. The Morgan fingerprint density at radius 3 is 3.10 bits per heavy atom. The fourth-order valence-electron chi connectivity index (χ4n) is 3.14. The van der Waals surface area contributed by atoms with Gasteiger partial charge in [-0.15, -0.1) is 11.8 Å². The molecule has 0 bridgehead atoms. The summed E-state index contributed by atoms with van der Waals surface area (Å²) in [7, 11) is 0. The van der Waals surface area contributed by atoms with Crippen LogP contribution in [0, 0.1) is 0 Å². The fourth-order valence-corrected chi connectivity index (χ4v) is 4.26. The molecule has 1 aromatic rings. The molecule has 1 saturated heterocycles. The smallest absolute Gasteiger partial charge is 0.222 e. The van der Waals surface area contributed by atoms with E-state index in [1.807, 2.05) is 16.7 Å². The van der Waals surface area contributed by atoms with Gasteiger partial charge in [-0.25, -0.2) is 0 Å². The molecule has 2 unspecified atom stereocenters. The van der Waals surface area contributed by atoms with Crippen LogP contribution in [-0.2, 0) is 4.79 Å². The van der Waals surface area contributed by atoms with Gasteiger partial charge >= 0.3 is 0 Å². The molecular weight excluding hydrogens is 268 g/mol. The quantitative estimate of drug-likeness (QED) is 0.925. The van der Waals surface area contributed by atoms with Gasteiger partial charge in [0.2, 0.25) is 5.91 Å². The normalized spacial score (nSPS) is 23.8. The van der Waals surface area contributed by atoms with Gasteiger partial charge in [-0.1, -0.05) is 18.2 Å². The maximum Gasteiger partial charge on any atom is 0.222 e. The Balaban J connectivity index is 1.62. The number of hydrogen-bond acceptors (Lipinski definition) is 3. The molecule has 2 aliphatic rings. The molecule has 4 heteroatoms. The number of likely N-dealkylation sites (tertiary alicyclic amines) is 1. The van der Waals surface area contributed by atoms with Crippen molar-refractivity contribution >= 4 is 17.7 Å². The van der Waals surface area contributed by atoms with Crippen LogP contribution >= 0.6 is 11.8 Å². The van der Waals surface area contributed by atoms with Crippen molar-refractivity contribution in [3.05, 3.63) is 29.8 Å². The third kappa shape index (κ3) is 3.01. The van der Waals surface area contributed by atoms with Gasteiger partial charge in [0.05, 0.1) is 0 Å². The Kier molecular flexibility index (Phi) is 4.32. The van der Waals surface area contributed by atoms with Gasteiger partial charge in [-0.2, -0.15) is 0 Å². The highest BCUT2D eigenvalue weighted by Crippen LogP contribution is 2.36. The number of nitrogens with zero attached hydrogens (tertiary/aromatic N) is 1. The van der Waals surface area contributed by atoms with Crippen molar-refractivity contribution in [2.75, 3.05) is 18.8 Å². The molecule has 1 fully saturated rings. The lowest BCUT2D eigenvalue weighted by Crippen LogP contribution is -2.42. The molecular formula is C16H22N2OS. The second-order valence-electron chi connectivity index (χ2n) is 5.74.